The Bertz CT molecular complexity index is 719. The van der Waals surface area contributed by atoms with Gasteiger partial charge in [-0.1, -0.05) is 42.0 Å². The first-order chi connectivity index (χ1) is 8.75. The average Bonchev–Trinajstić information content (AvgIpc) is 2.39. The van der Waals surface area contributed by atoms with Crippen LogP contribution in [-0.2, 0) is 0 Å². The van der Waals surface area contributed by atoms with Gasteiger partial charge in [0.2, 0.25) is 0 Å². The van der Waals surface area contributed by atoms with Crippen molar-refractivity contribution in [2.45, 2.75) is 6.92 Å². The number of aromatic nitrogens is 1. The Morgan fingerprint density at radius 1 is 1.00 bits per heavy atom. The summed E-state index contributed by atoms with van der Waals surface area (Å²) in [6.07, 6.45) is 1.86. The van der Waals surface area contributed by atoms with Crippen molar-refractivity contribution in [3.05, 3.63) is 63.9 Å². The molecule has 0 aliphatic rings. The van der Waals surface area contributed by atoms with Crippen molar-refractivity contribution >= 4 is 33.5 Å². The molecule has 0 bridgehead atoms. The summed E-state index contributed by atoms with van der Waals surface area (Å²) in [4.78, 5) is 4.54. The summed E-state index contributed by atoms with van der Waals surface area (Å²) in [6.45, 7) is 2.12. The Hall–Kier alpha value is -1.42. The largest absolute Gasteiger partial charge is 0.256 e. The lowest BCUT2D eigenvalue weighted by molar-refractivity contribution is 1.40. The summed E-state index contributed by atoms with van der Waals surface area (Å²) in [7, 11) is 0. The van der Waals surface area contributed by atoms with Gasteiger partial charge in [0.15, 0.2) is 0 Å². The topological polar surface area (TPSA) is 12.9 Å². The Balaban J connectivity index is 2.33. The highest BCUT2D eigenvalue weighted by Gasteiger charge is 2.07. The number of hydrogen-bond acceptors (Lipinski definition) is 1. The summed E-state index contributed by atoms with van der Waals surface area (Å²) in [5, 5.41) is 1.22. The number of rotatable bonds is 1. The van der Waals surface area contributed by atoms with E-state index in [1.54, 1.807) is 0 Å². The monoisotopic (exact) mass is 345 g/mol. The molecule has 0 atom stereocenters. The molecular weight excluding hydrogens is 333 g/mol. The van der Waals surface area contributed by atoms with Crippen LogP contribution in [0.4, 0.5) is 0 Å². The van der Waals surface area contributed by atoms with Gasteiger partial charge in [0.25, 0.3) is 0 Å². The Morgan fingerprint density at radius 3 is 2.72 bits per heavy atom. The molecule has 0 radical (unpaired) electrons. The average molecular weight is 345 g/mol. The third-order valence-electron chi connectivity index (χ3n) is 3.05. The van der Waals surface area contributed by atoms with Crippen LogP contribution in [0.1, 0.15) is 5.56 Å². The molecule has 0 N–H and O–H groups in total. The maximum Gasteiger partial charge on any atom is 0.0790 e. The second-order valence-electron chi connectivity index (χ2n) is 4.36. The molecule has 1 aromatic heterocycles. The highest BCUT2D eigenvalue weighted by atomic mass is 127. The summed E-state index contributed by atoms with van der Waals surface area (Å²) in [6, 6.07) is 17.0. The van der Waals surface area contributed by atoms with Gasteiger partial charge in [0.05, 0.1) is 5.52 Å². The lowest BCUT2D eigenvalue weighted by atomic mass is 10.0. The zero-order valence-electron chi connectivity index (χ0n) is 10.0. The summed E-state index contributed by atoms with van der Waals surface area (Å²) < 4.78 is 1.24. The normalized spacial score (nSPS) is 10.8. The molecule has 88 valence electrons. The van der Waals surface area contributed by atoms with Crippen molar-refractivity contribution in [2.75, 3.05) is 0 Å². The zero-order valence-corrected chi connectivity index (χ0v) is 12.2. The molecule has 2 heteroatoms. The summed E-state index contributed by atoms with van der Waals surface area (Å²) in [5.41, 5.74) is 4.79. The number of pyridine rings is 1. The molecule has 0 aliphatic heterocycles. The van der Waals surface area contributed by atoms with Gasteiger partial charge in [0, 0.05) is 20.7 Å². The number of halogens is 1. The second kappa shape index (κ2) is 4.69. The third kappa shape index (κ3) is 2.01. The van der Waals surface area contributed by atoms with Crippen LogP contribution in [0.5, 0.6) is 0 Å². The van der Waals surface area contributed by atoms with Gasteiger partial charge in [-0.15, -0.1) is 0 Å². The first-order valence-corrected chi connectivity index (χ1v) is 6.94. The minimum atomic E-state index is 1.08. The third-order valence-corrected chi connectivity index (χ3v) is 3.99. The van der Waals surface area contributed by atoms with Crippen LogP contribution in [0.2, 0.25) is 0 Å². The van der Waals surface area contributed by atoms with E-state index in [1.807, 2.05) is 12.3 Å². The molecule has 0 amide bonds. The van der Waals surface area contributed by atoms with Gasteiger partial charge in [-0.05, 0) is 47.2 Å². The molecule has 18 heavy (non-hydrogen) atoms. The van der Waals surface area contributed by atoms with Crippen LogP contribution in [0.25, 0.3) is 22.0 Å². The van der Waals surface area contributed by atoms with Crippen molar-refractivity contribution in [3.63, 3.8) is 0 Å². The minimum Gasteiger partial charge on any atom is -0.256 e. The highest BCUT2D eigenvalue weighted by Crippen LogP contribution is 2.30. The van der Waals surface area contributed by atoms with E-state index in [9.17, 15) is 0 Å². The van der Waals surface area contributed by atoms with Gasteiger partial charge in [-0.25, -0.2) is 0 Å². The molecule has 0 aliphatic carbocycles. The standard InChI is InChI=1S/C16H12IN/c1-11-4-2-5-12(10-11)13-7-8-15(17)14-6-3-9-18-16(13)14/h2-10H,1H3. The van der Waals surface area contributed by atoms with Crippen molar-refractivity contribution in [2.24, 2.45) is 0 Å². The molecule has 3 aromatic rings. The Morgan fingerprint density at radius 2 is 1.89 bits per heavy atom. The molecule has 2 aromatic carbocycles. The molecule has 0 unspecified atom stereocenters. The van der Waals surface area contributed by atoms with Crippen LogP contribution in [0, 0.1) is 10.5 Å². The number of nitrogens with zero attached hydrogens (tertiary/aromatic N) is 1. The summed E-state index contributed by atoms with van der Waals surface area (Å²) in [5.74, 6) is 0. The second-order valence-corrected chi connectivity index (χ2v) is 5.53. The van der Waals surface area contributed by atoms with E-state index in [0.29, 0.717) is 0 Å². The molecular formula is C16H12IN. The molecule has 0 spiro atoms. The van der Waals surface area contributed by atoms with Crippen LogP contribution >= 0.6 is 22.6 Å². The van der Waals surface area contributed by atoms with Gasteiger partial charge >= 0.3 is 0 Å². The number of benzene rings is 2. The van der Waals surface area contributed by atoms with Gasteiger partial charge < -0.3 is 0 Å². The summed E-state index contributed by atoms with van der Waals surface area (Å²) >= 11 is 2.36. The van der Waals surface area contributed by atoms with Crippen molar-refractivity contribution in [3.8, 4) is 11.1 Å². The fourth-order valence-corrected chi connectivity index (χ4v) is 2.80. The first kappa shape index (κ1) is 11.7. The van der Waals surface area contributed by atoms with Crippen molar-refractivity contribution in [1.29, 1.82) is 0 Å². The SMILES string of the molecule is Cc1cccc(-c2ccc(I)c3cccnc23)c1. The van der Waals surface area contributed by atoms with Gasteiger partial charge in [-0.3, -0.25) is 4.98 Å². The van der Waals surface area contributed by atoms with Crippen LogP contribution in [0.15, 0.2) is 54.7 Å². The predicted octanol–water partition coefficient (Wildman–Crippen LogP) is 4.81. The fraction of sp³-hybridized carbons (Fsp3) is 0.0625. The number of aryl methyl sites for hydroxylation is 1. The lowest BCUT2D eigenvalue weighted by Crippen LogP contribution is -1.87. The van der Waals surface area contributed by atoms with Crippen LogP contribution in [0.3, 0.4) is 0 Å². The lowest BCUT2D eigenvalue weighted by Gasteiger charge is -2.08. The van der Waals surface area contributed by atoms with Crippen LogP contribution in [-0.4, -0.2) is 4.98 Å². The molecule has 1 nitrogen and oxygen atoms in total. The van der Waals surface area contributed by atoms with E-state index in [2.05, 4.69) is 77.0 Å². The van der Waals surface area contributed by atoms with Gasteiger partial charge in [-0.2, -0.15) is 0 Å². The molecule has 0 fully saturated rings. The molecule has 0 saturated heterocycles. The zero-order chi connectivity index (χ0) is 12.5. The van der Waals surface area contributed by atoms with E-state index >= 15 is 0 Å². The predicted molar refractivity (Wildman–Crippen MR) is 84.6 cm³/mol. The molecule has 1 heterocycles. The maximum atomic E-state index is 4.54. The molecule has 3 rings (SSSR count). The minimum absolute atomic E-state index is 1.08. The quantitative estimate of drug-likeness (QED) is 0.577. The molecule has 0 saturated carbocycles. The fourth-order valence-electron chi connectivity index (χ4n) is 2.18. The van der Waals surface area contributed by atoms with E-state index in [-0.39, 0.29) is 0 Å². The van der Waals surface area contributed by atoms with Crippen LogP contribution < -0.4 is 0 Å². The number of hydrogen-bond donors (Lipinski definition) is 0. The van der Waals surface area contributed by atoms with E-state index in [1.165, 1.54) is 25.6 Å². The van der Waals surface area contributed by atoms with Gasteiger partial charge in [0.1, 0.15) is 0 Å². The number of fused-ring (bicyclic) bond motifs is 1. The highest BCUT2D eigenvalue weighted by molar-refractivity contribution is 14.1. The maximum absolute atomic E-state index is 4.54. The Labute approximate surface area is 120 Å². The van der Waals surface area contributed by atoms with Crippen molar-refractivity contribution in [1.82, 2.24) is 4.98 Å². The van der Waals surface area contributed by atoms with E-state index < -0.39 is 0 Å². The smallest absolute Gasteiger partial charge is 0.0790 e. The first-order valence-electron chi connectivity index (χ1n) is 5.86. The van der Waals surface area contributed by atoms with E-state index in [4.69, 9.17) is 0 Å². The Kier molecular flexibility index (Phi) is 3.04. The van der Waals surface area contributed by atoms with E-state index in [0.717, 1.165) is 5.52 Å². The van der Waals surface area contributed by atoms with Crippen molar-refractivity contribution < 1.29 is 0 Å².